The summed E-state index contributed by atoms with van der Waals surface area (Å²) >= 11 is 1.02. The predicted octanol–water partition coefficient (Wildman–Crippen LogP) is 4.65. The average Bonchev–Trinajstić information content (AvgIpc) is 3.24. The normalized spacial score (nSPS) is 13.0. The largest absolute Gasteiger partial charge is 0.449 e. The molecule has 1 aliphatic heterocycles. The number of hydrogen-bond donors (Lipinski definition) is 2. The third-order valence-electron chi connectivity index (χ3n) is 4.90. The Kier molecular flexibility index (Phi) is 7.92. The minimum absolute atomic E-state index is 0.0629. The lowest BCUT2D eigenvalue weighted by Gasteiger charge is -2.29. The Morgan fingerprint density at radius 2 is 1.82 bits per heavy atom. The van der Waals surface area contributed by atoms with Crippen molar-refractivity contribution in [3.05, 3.63) is 47.5 Å². The Bertz CT molecular complexity index is 1210. The van der Waals surface area contributed by atoms with Crippen LogP contribution >= 0.6 is 11.8 Å². The van der Waals surface area contributed by atoms with Crippen molar-refractivity contribution in [2.45, 2.75) is 32.9 Å². The van der Waals surface area contributed by atoms with E-state index in [1.54, 1.807) is 23.1 Å². The molecule has 0 unspecified atom stereocenters. The van der Waals surface area contributed by atoms with Crippen molar-refractivity contribution in [3.63, 3.8) is 0 Å². The van der Waals surface area contributed by atoms with Crippen LogP contribution in [-0.4, -0.2) is 50.8 Å². The Morgan fingerprint density at radius 3 is 2.53 bits per heavy atom. The molecule has 2 N–H and O–H groups in total. The van der Waals surface area contributed by atoms with Gasteiger partial charge in [0.2, 0.25) is 11.7 Å². The van der Waals surface area contributed by atoms with E-state index in [0.29, 0.717) is 24.7 Å². The number of aromatic nitrogens is 3. The van der Waals surface area contributed by atoms with Crippen LogP contribution in [0.3, 0.4) is 0 Å². The summed E-state index contributed by atoms with van der Waals surface area (Å²) in [6, 6.07) is 11.4. The van der Waals surface area contributed by atoms with E-state index in [4.69, 9.17) is 0 Å². The van der Waals surface area contributed by atoms with Crippen LogP contribution in [0.2, 0.25) is 0 Å². The van der Waals surface area contributed by atoms with Gasteiger partial charge in [0.1, 0.15) is 11.0 Å². The molecule has 34 heavy (non-hydrogen) atoms. The first-order chi connectivity index (χ1) is 16.0. The van der Waals surface area contributed by atoms with Crippen molar-refractivity contribution in [2.75, 3.05) is 22.5 Å². The molecule has 8 nitrogen and oxygen atoms in total. The predicted molar refractivity (Wildman–Crippen MR) is 124 cm³/mol. The highest BCUT2D eigenvalue weighted by molar-refractivity contribution is 8.14. The topological polar surface area (TPSA) is 108 Å². The standard InChI is InChI=1S/C19H19N5O2S.C3H3F3O/c1-12-4-7-17-13(9-12)3-2-8-24(17)19(26)27-11-18(25)20-14-5-6-15-16(10-14)22-23-21-15;1-2(7)3(4,5)6/h4-7,9-10H,2-3,8,11H2,1H3,(H,20,25)(H,21,22,23);1H3. The number of carbonyl (C=O) groups excluding carboxylic acids is 3. The maximum Gasteiger partial charge on any atom is 0.449 e. The number of nitrogens with one attached hydrogen (secondary N) is 2. The summed E-state index contributed by atoms with van der Waals surface area (Å²) in [5, 5.41) is 13.2. The molecule has 0 radical (unpaired) electrons. The van der Waals surface area contributed by atoms with Gasteiger partial charge in [-0.2, -0.15) is 28.6 Å². The average molecular weight is 494 g/mol. The highest BCUT2D eigenvalue weighted by Gasteiger charge is 2.33. The third-order valence-corrected chi connectivity index (χ3v) is 5.77. The molecule has 3 aromatic rings. The minimum atomic E-state index is -4.64. The fourth-order valence-corrected chi connectivity index (χ4v) is 3.91. The molecule has 180 valence electrons. The van der Waals surface area contributed by atoms with Gasteiger partial charge in [0, 0.05) is 24.8 Å². The number of halogens is 3. The Hall–Kier alpha value is -3.41. The number of aromatic amines is 1. The second-order valence-corrected chi connectivity index (χ2v) is 8.50. The van der Waals surface area contributed by atoms with Crippen LogP contribution in [0, 0.1) is 6.92 Å². The van der Waals surface area contributed by atoms with Crippen molar-refractivity contribution in [3.8, 4) is 0 Å². The highest BCUT2D eigenvalue weighted by atomic mass is 32.2. The van der Waals surface area contributed by atoms with E-state index in [2.05, 4.69) is 33.7 Å². The number of aryl methyl sites for hydroxylation is 2. The molecular weight excluding hydrogens is 471 g/mol. The summed E-state index contributed by atoms with van der Waals surface area (Å²) in [6.07, 6.45) is -2.72. The van der Waals surface area contributed by atoms with Crippen molar-refractivity contribution >= 4 is 51.1 Å². The van der Waals surface area contributed by atoms with Crippen LogP contribution in [0.25, 0.3) is 11.0 Å². The van der Waals surface area contributed by atoms with Gasteiger partial charge in [0.25, 0.3) is 5.24 Å². The molecular formula is C22H22F3N5O3S. The minimum Gasteiger partial charge on any atom is -0.325 e. The summed E-state index contributed by atoms with van der Waals surface area (Å²) in [5.41, 5.74) is 5.39. The zero-order valence-corrected chi connectivity index (χ0v) is 19.2. The lowest BCUT2D eigenvalue weighted by atomic mass is 10.0. The molecule has 1 aliphatic rings. The zero-order chi connectivity index (χ0) is 24.9. The van der Waals surface area contributed by atoms with Crippen molar-refractivity contribution < 1.29 is 27.6 Å². The number of alkyl halides is 3. The van der Waals surface area contributed by atoms with Crippen LogP contribution in [0.1, 0.15) is 24.5 Å². The Labute approximate surface area is 197 Å². The monoisotopic (exact) mass is 493 g/mol. The van der Waals surface area contributed by atoms with Gasteiger partial charge >= 0.3 is 6.18 Å². The molecule has 1 aromatic heterocycles. The summed E-state index contributed by atoms with van der Waals surface area (Å²) in [7, 11) is 0. The fraction of sp³-hybridized carbons (Fsp3) is 0.318. The van der Waals surface area contributed by atoms with Gasteiger partial charge in [-0.05, 0) is 49.6 Å². The number of benzene rings is 2. The van der Waals surface area contributed by atoms with E-state index in [1.165, 1.54) is 11.1 Å². The molecule has 0 saturated heterocycles. The Balaban J connectivity index is 0.000000406. The number of nitrogens with zero attached hydrogens (tertiary/aromatic N) is 3. The molecule has 0 spiro atoms. The second kappa shape index (κ2) is 10.7. The smallest absolute Gasteiger partial charge is 0.325 e. The summed E-state index contributed by atoms with van der Waals surface area (Å²) in [5.74, 6) is -1.92. The number of Topliss-reactive ketones (excluding diaryl/α,β-unsaturated/α-hetero) is 1. The molecule has 0 bridgehead atoms. The van der Waals surface area contributed by atoms with E-state index in [9.17, 15) is 27.6 Å². The number of ketones is 1. The van der Waals surface area contributed by atoms with Crippen LogP contribution in [0.4, 0.5) is 29.3 Å². The van der Waals surface area contributed by atoms with Gasteiger partial charge < -0.3 is 10.2 Å². The summed E-state index contributed by atoms with van der Waals surface area (Å²) < 4.78 is 32.5. The second-order valence-electron chi connectivity index (χ2n) is 7.57. The van der Waals surface area contributed by atoms with Gasteiger partial charge in [0.15, 0.2) is 0 Å². The third kappa shape index (κ3) is 6.56. The number of thioether (sulfide) groups is 1. The molecule has 2 amide bonds. The van der Waals surface area contributed by atoms with Gasteiger partial charge in [-0.15, -0.1) is 0 Å². The van der Waals surface area contributed by atoms with E-state index in [0.717, 1.165) is 35.8 Å². The summed E-state index contributed by atoms with van der Waals surface area (Å²) in [4.78, 5) is 36.0. The number of H-pyrrole nitrogens is 1. The zero-order valence-electron chi connectivity index (χ0n) is 18.4. The molecule has 2 aromatic carbocycles. The SMILES string of the molecule is CC(=O)C(F)(F)F.Cc1ccc2c(c1)CCCN2C(=O)SCC(=O)Nc1ccc2n[nH]nc2c1. The summed E-state index contributed by atoms with van der Waals surface area (Å²) in [6.45, 7) is 3.23. The molecule has 0 saturated carbocycles. The van der Waals surface area contributed by atoms with Crippen LogP contribution in [0.5, 0.6) is 0 Å². The maximum atomic E-state index is 12.6. The quantitative estimate of drug-likeness (QED) is 0.550. The lowest BCUT2D eigenvalue weighted by molar-refractivity contribution is -0.168. The van der Waals surface area contributed by atoms with E-state index in [1.807, 2.05) is 12.1 Å². The van der Waals surface area contributed by atoms with Crippen molar-refractivity contribution in [1.82, 2.24) is 15.4 Å². The van der Waals surface area contributed by atoms with Gasteiger partial charge in [-0.3, -0.25) is 14.4 Å². The fourth-order valence-electron chi connectivity index (χ4n) is 3.24. The van der Waals surface area contributed by atoms with Gasteiger partial charge in [-0.25, -0.2) is 0 Å². The van der Waals surface area contributed by atoms with E-state index in [-0.39, 0.29) is 16.9 Å². The van der Waals surface area contributed by atoms with E-state index < -0.39 is 12.0 Å². The first kappa shape index (κ1) is 25.2. The highest BCUT2D eigenvalue weighted by Crippen LogP contribution is 2.30. The van der Waals surface area contributed by atoms with Crippen molar-refractivity contribution in [2.24, 2.45) is 0 Å². The molecule has 4 rings (SSSR count). The van der Waals surface area contributed by atoms with Gasteiger partial charge in [0.05, 0.1) is 5.75 Å². The number of rotatable bonds is 3. The first-order valence-corrected chi connectivity index (χ1v) is 11.2. The number of anilines is 2. The number of fused-ring (bicyclic) bond motifs is 2. The van der Waals surface area contributed by atoms with Crippen LogP contribution in [0.15, 0.2) is 36.4 Å². The number of hydrogen-bond acceptors (Lipinski definition) is 6. The van der Waals surface area contributed by atoms with Gasteiger partial charge in [-0.1, -0.05) is 29.5 Å². The number of amides is 2. The number of carbonyl (C=O) groups is 3. The molecule has 0 aliphatic carbocycles. The van der Waals surface area contributed by atoms with Crippen LogP contribution in [-0.2, 0) is 16.0 Å². The molecule has 0 atom stereocenters. The lowest BCUT2D eigenvalue weighted by Crippen LogP contribution is -2.33. The van der Waals surface area contributed by atoms with Crippen LogP contribution < -0.4 is 10.2 Å². The molecule has 2 heterocycles. The van der Waals surface area contributed by atoms with E-state index >= 15 is 0 Å². The maximum absolute atomic E-state index is 12.6. The van der Waals surface area contributed by atoms with Crippen molar-refractivity contribution in [1.29, 1.82) is 0 Å². The first-order valence-electron chi connectivity index (χ1n) is 10.3. The Morgan fingerprint density at radius 1 is 1.12 bits per heavy atom. The molecule has 12 heteroatoms. The molecule has 0 fully saturated rings.